The Morgan fingerprint density at radius 2 is 1.80 bits per heavy atom. The van der Waals surface area contributed by atoms with E-state index >= 15 is 0 Å². The number of ether oxygens (including phenoxy) is 2. The summed E-state index contributed by atoms with van der Waals surface area (Å²) in [5.41, 5.74) is 2.88. The van der Waals surface area contributed by atoms with Crippen LogP contribution >= 0.6 is 0 Å². The number of hydrogen-bond donors (Lipinski definition) is 1. The molecule has 1 N–H and O–H groups in total. The van der Waals surface area contributed by atoms with Crippen molar-refractivity contribution in [2.45, 2.75) is 13.2 Å². The number of methoxy groups -OCH3 is 2. The summed E-state index contributed by atoms with van der Waals surface area (Å²) in [7, 11) is 5.17. The first-order valence-corrected chi connectivity index (χ1v) is 6.40. The maximum absolute atomic E-state index is 5.23. The van der Waals surface area contributed by atoms with E-state index in [1.165, 1.54) is 0 Å². The standard InChI is InChI=1S/C15H19N3O2/c1-16-14-8-12(10-20-3)17-15(18-14)13-7-5-4-6-11(13)9-19-2/h4-8H,9-10H2,1-3H3,(H,16,17,18). The normalized spacial score (nSPS) is 10.6. The van der Waals surface area contributed by atoms with Crippen LogP contribution in [0.25, 0.3) is 11.4 Å². The molecular formula is C15H19N3O2. The molecule has 0 atom stereocenters. The number of hydrogen-bond acceptors (Lipinski definition) is 5. The van der Waals surface area contributed by atoms with E-state index in [1.54, 1.807) is 14.2 Å². The highest BCUT2D eigenvalue weighted by molar-refractivity contribution is 5.61. The van der Waals surface area contributed by atoms with Crippen LogP contribution in [0.3, 0.4) is 0 Å². The van der Waals surface area contributed by atoms with Gasteiger partial charge in [-0.3, -0.25) is 0 Å². The van der Waals surface area contributed by atoms with Crippen LogP contribution in [0.5, 0.6) is 0 Å². The van der Waals surface area contributed by atoms with Crippen molar-refractivity contribution in [2.75, 3.05) is 26.6 Å². The predicted molar refractivity (Wildman–Crippen MR) is 78.4 cm³/mol. The van der Waals surface area contributed by atoms with Gasteiger partial charge in [0.1, 0.15) is 5.82 Å². The monoisotopic (exact) mass is 273 g/mol. The van der Waals surface area contributed by atoms with Crippen molar-refractivity contribution in [2.24, 2.45) is 0 Å². The molecule has 5 nitrogen and oxygen atoms in total. The molecule has 0 aliphatic heterocycles. The van der Waals surface area contributed by atoms with E-state index in [1.807, 2.05) is 37.4 Å². The molecule has 0 bridgehead atoms. The summed E-state index contributed by atoms with van der Waals surface area (Å²) < 4.78 is 10.4. The van der Waals surface area contributed by atoms with Crippen LogP contribution in [0, 0.1) is 0 Å². The Kier molecular flexibility index (Phi) is 5.03. The van der Waals surface area contributed by atoms with Gasteiger partial charge in [-0.15, -0.1) is 0 Å². The average molecular weight is 273 g/mol. The molecule has 0 radical (unpaired) electrons. The van der Waals surface area contributed by atoms with Gasteiger partial charge in [-0.1, -0.05) is 24.3 Å². The van der Waals surface area contributed by atoms with Crippen LogP contribution in [0.1, 0.15) is 11.3 Å². The smallest absolute Gasteiger partial charge is 0.162 e. The zero-order chi connectivity index (χ0) is 14.4. The highest BCUT2D eigenvalue weighted by atomic mass is 16.5. The Morgan fingerprint density at radius 3 is 2.50 bits per heavy atom. The lowest BCUT2D eigenvalue weighted by molar-refractivity contribution is 0.181. The van der Waals surface area contributed by atoms with Gasteiger partial charge in [0, 0.05) is 32.9 Å². The second-order valence-electron chi connectivity index (χ2n) is 4.34. The van der Waals surface area contributed by atoms with Crippen molar-refractivity contribution in [3.8, 4) is 11.4 Å². The number of aromatic nitrogens is 2. The van der Waals surface area contributed by atoms with Crippen molar-refractivity contribution in [1.29, 1.82) is 0 Å². The lowest BCUT2D eigenvalue weighted by Gasteiger charge is -2.10. The third-order valence-corrected chi connectivity index (χ3v) is 2.89. The van der Waals surface area contributed by atoms with Gasteiger partial charge in [-0.25, -0.2) is 9.97 Å². The van der Waals surface area contributed by atoms with Crippen LogP contribution in [0.2, 0.25) is 0 Å². The Bertz CT molecular complexity index is 573. The Morgan fingerprint density at radius 1 is 1.05 bits per heavy atom. The van der Waals surface area contributed by atoms with E-state index in [0.29, 0.717) is 19.0 Å². The SMILES string of the molecule is CNc1cc(COC)nc(-c2ccccc2COC)n1. The van der Waals surface area contributed by atoms with Gasteiger partial charge in [0.15, 0.2) is 5.82 Å². The van der Waals surface area contributed by atoms with E-state index in [0.717, 1.165) is 22.6 Å². The minimum Gasteiger partial charge on any atom is -0.380 e. The minimum atomic E-state index is 0.455. The molecule has 5 heteroatoms. The highest BCUT2D eigenvalue weighted by Gasteiger charge is 2.10. The van der Waals surface area contributed by atoms with Crippen molar-refractivity contribution in [3.63, 3.8) is 0 Å². The molecule has 1 aromatic carbocycles. The van der Waals surface area contributed by atoms with Crippen LogP contribution < -0.4 is 5.32 Å². The maximum Gasteiger partial charge on any atom is 0.162 e. The number of nitrogens with zero attached hydrogens (tertiary/aromatic N) is 2. The summed E-state index contributed by atoms with van der Waals surface area (Å²) in [6.07, 6.45) is 0. The Balaban J connectivity index is 2.48. The van der Waals surface area contributed by atoms with Crippen molar-refractivity contribution < 1.29 is 9.47 Å². The van der Waals surface area contributed by atoms with E-state index in [-0.39, 0.29) is 0 Å². The second kappa shape index (κ2) is 6.98. The van der Waals surface area contributed by atoms with Crippen molar-refractivity contribution >= 4 is 5.82 Å². The summed E-state index contributed by atoms with van der Waals surface area (Å²) in [6, 6.07) is 9.85. The summed E-state index contributed by atoms with van der Waals surface area (Å²) in [4.78, 5) is 9.07. The van der Waals surface area contributed by atoms with Crippen molar-refractivity contribution in [3.05, 3.63) is 41.6 Å². The molecule has 20 heavy (non-hydrogen) atoms. The second-order valence-corrected chi connectivity index (χ2v) is 4.34. The quantitative estimate of drug-likeness (QED) is 0.876. The summed E-state index contributed by atoms with van der Waals surface area (Å²) in [6.45, 7) is 0.986. The maximum atomic E-state index is 5.23. The first kappa shape index (κ1) is 14.4. The van der Waals surface area contributed by atoms with E-state index < -0.39 is 0 Å². The average Bonchev–Trinajstić information content (AvgIpc) is 2.48. The lowest BCUT2D eigenvalue weighted by atomic mass is 10.1. The molecule has 0 spiro atoms. The number of anilines is 1. The van der Waals surface area contributed by atoms with Crippen LogP contribution in [0.4, 0.5) is 5.82 Å². The fourth-order valence-electron chi connectivity index (χ4n) is 1.99. The fraction of sp³-hybridized carbons (Fsp3) is 0.333. The van der Waals surface area contributed by atoms with Crippen LogP contribution in [-0.2, 0) is 22.7 Å². The third-order valence-electron chi connectivity index (χ3n) is 2.89. The van der Waals surface area contributed by atoms with Gasteiger partial charge in [0.2, 0.25) is 0 Å². The Hall–Kier alpha value is -1.98. The zero-order valence-electron chi connectivity index (χ0n) is 12.0. The highest BCUT2D eigenvalue weighted by Crippen LogP contribution is 2.23. The minimum absolute atomic E-state index is 0.455. The third kappa shape index (κ3) is 3.31. The van der Waals surface area contributed by atoms with Gasteiger partial charge >= 0.3 is 0 Å². The van der Waals surface area contributed by atoms with Gasteiger partial charge in [-0.2, -0.15) is 0 Å². The largest absolute Gasteiger partial charge is 0.380 e. The predicted octanol–water partition coefficient (Wildman–Crippen LogP) is 2.48. The molecular weight excluding hydrogens is 254 g/mol. The van der Waals surface area contributed by atoms with E-state index in [9.17, 15) is 0 Å². The molecule has 0 aliphatic carbocycles. The fourth-order valence-corrected chi connectivity index (χ4v) is 1.99. The first-order chi connectivity index (χ1) is 9.78. The topological polar surface area (TPSA) is 56.3 Å². The molecule has 0 amide bonds. The molecule has 0 unspecified atom stereocenters. The molecule has 2 rings (SSSR count). The molecule has 0 saturated carbocycles. The Labute approximate surface area is 119 Å². The summed E-state index contributed by atoms with van der Waals surface area (Å²) in [5, 5.41) is 3.05. The van der Waals surface area contributed by atoms with Crippen LogP contribution in [0.15, 0.2) is 30.3 Å². The number of benzene rings is 1. The summed E-state index contributed by atoms with van der Waals surface area (Å²) in [5.74, 6) is 1.45. The molecule has 2 aromatic rings. The molecule has 1 aromatic heterocycles. The molecule has 0 saturated heterocycles. The number of rotatable bonds is 6. The van der Waals surface area contributed by atoms with Gasteiger partial charge in [0.25, 0.3) is 0 Å². The van der Waals surface area contributed by atoms with Gasteiger partial charge in [-0.05, 0) is 5.56 Å². The van der Waals surface area contributed by atoms with Crippen LogP contribution in [-0.4, -0.2) is 31.2 Å². The zero-order valence-corrected chi connectivity index (χ0v) is 12.0. The van der Waals surface area contributed by atoms with E-state index in [4.69, 9.17) is 9.47 Å². The lowest BCUT2D eigenvalue weighted by Crippen LogP contribution is -2.03. The van der Waals surface area contributed by atoms with Gasteiger partial charge in [0.05, 0.1) is 18.9 Å². The summed E-state index contributed by atoms with van der Waals surface area (Å²) >= 11 is 0. The molecule has 0 fully saturated rings. The first-order valence-electron chi connectivity index (χ1n) is 6.40. The van der Waals surface area contributed by atoms with E-state index in [2.05, 4.69) is 15.3 Å². The van der Waals surface area contributed by atoms with Crippen molar-refractivity contribution in [1.82, 2.24) is 9.97 Å². The number of nitrogens with one attached hydrogen (secondary N) is 1. The molecule has 1 heterocycles. The molecule has 0 aliphatic rings. The van der Waals surface area contributed by atoms with Gasteiger partial charge < -0.3 is 14.8 Å². The molecule has 106 valence electrons.